The van der Waals surface area contributed by atoms with Gasteiger partial charge in [0.2, 0.25) is 0 Å². The van der Waals surface area contributed by atoms with Crippen LogP contribution in [0.1, 0.15) is 39.0 Å². The van der Waals surface area contributed by atoms with E-state index in [1.807, 2.05) is 24.3 Å². The van der Waals surface area contributed by atoms with E-state index in [-0.39, 0.29) is 12.1 Å². The van der Waals surface area contributed by atoms with Crippen molar-refractivity contribution in [3.05, 3.63) is 24.3 Å². The van der Waals surface area contributed by atoms with Crippen molar-refractivity contribution >= 4 is 0 Å². The Kier molecular flexibility index (Phi) is 4.16. The summed E-state index contributed by atoms with van der Waals surface area (Å²) in [5.41, 5.74) is 6.54. The molecule has 0 spiro atoms. The summed E-state index contributed by atoms with van der Waals surface area (Å²) in [5.74, 6) is 3.00. The first-order chi connectivity index (χ1) is 9.79. The van der Waals surface area contributed by atoms with E-state index in [0.29, 0.717) is 12.5 Å². The quantitative estimate of drug-likeness (QED) is 0.920. The Hall–Kier alpha value is -1.22. The fourth-order valence-electron chi connectivity index (χ4n) is 3.75. The Balaban J connectivity index is 1.70. The number of hydrogen-bond donors (Lipinski definition) is 1. The fourth-order valence-corrected chi connectivity index (χ4v) is 3.75. The van der Waals surface area contributed by atoms with Gasteiger partial charge in [0.05, 0.1) is 0 Å². The molecule has 1 aliphatic carbocycles. The first-order valence-corrected chi connectivity index (χ1v) is 7.93. The van der Waals surface area contributed by atoms with Crippen molar-refractivity contribution in [3.8, 4) is 11.5 Å². The summed E-state index contributed by atoms with van der Waals surface area (Å²) in [6.45, 7) is 2.86. The third-order valence-corrected chi connectivity index (χ3v) is 4.95. The first kappa shape index (κ1) is 13.7. The van der Waals surface area contributed by atoms with Crippen LogP contribution in [0.4, 0.5) is 0 Å². The molecule has 20 heavy (non-hydrogen) atoms. The zero-order valence-corrected chi connectivity index (χ0v) is 12.3. The van der Waals surface area contributed by atoms with Gasteiger partial charge in [-0.25, -0.2) is 0 Å². The lowest BCUT2D eigenvalue weighted by atomic mass is 9.73. The van der Waals surface area contributed by atoms with E-state index in [1.165, 1.54) is 32.1 Å². The Bertz CT molecular complexity index is 448. The van der Waals surface area contributed by atoms with Gasteiger partial charge in [-0.3, -0.25) is 0 Å². The van der Waals surface area contributed by atoms with Gasteiger partial charge < -0.3 is 15.2 Å². The molecular formula is C17H25NO2. The summed E-state index contributed by atoms with van der Waals surface area (Å²) in [4.78, 5) is 0. The summed E-state index contributed by atoms with van der Waals surface area (Å²) in [6, 6.07) is 7.94. The predicted octanol–water partition coefficient (Wildman–Crippen LogP) is 3.37. The fraction of sp³-hybridized carbons (Fsp3) is 0.647. The van der Waals surface area contributed by atoms with Gasteiger partial charge in [0.15, 0.2) is 11.5 Å². The van der Waals surface area contributed by atoms with Crippen LogP contribution in [0.5, 0.6) is 11.5 Å². The highest BCUT2D eigenvalue weighted by Crippen LogP contribution is 2.37. The van der Waals surface area contributed by atoms with Gasteiger partial charge >= 0.3 is 0 Å². The van der Waals surface area contributed by atoms with Crippen LogP contribution in [-0.4, -0.2) is 18.8 Å². The summed E-state index contributed by atoms with van der Waals surface area (Å²) >= 11 is 0. The van der Waals surface area contributed by atoms with Crippen LogP contribution >= 0.6 is 0 Å². The molecule has 0 bridgehead atoms. The maximum absolute atomic E-state index is 6.54. The molecule has 0 amide bonds. The Morgan fingerprint density at radius 2 is 1.95 bits per heavy atom. The molecule has 3 heteroatoms. The topological polar surface area (TPSA) is 44.5 Å². The van der Waals surface area contributed by atoms with Gasteiger partial charge in [0.25, 0.3) is 0 Å². The summed E-state index contributed by atoms with van der Waals surface area (Å²) < 4.78 is 11.9. The Morgan fingerprint density at radius 3 is 2.75 bits per heavy atom. The third-order valence-electron chi connectivity index (χ3n) is 4.95. The number of para-hydroxylation sites is 2. The minimum Gasteiger partial charge on any atom is -0.486 e. The van der Waals surface area contributed by atoms with E-state index >= 15 is 0 Å². The van der Waals surface area contributed by atoms with Crippen molar-refractivity contribution < 1.29 is 9.47 Å². The number of hydrogen-bond acceptors (Lipinski definition) is 3. The van der Waals surface area contributed by atoms with Crippen LogP contribution < -0.4 is 15.2 Å². The molecule has 0 radical (unpaired) electrons. The van der Waals surface area contributed by atoms with Gasteiger partial charge in [-0.1, -0.05) is 44.7 Å². The molecule has 0 saturated heterocycles. The molecule has 1 saturated carbocycles. The molecule has 1 aliphatic heterocycles. The van der Waals surface area contributed by atoms with Crippen LogP contribution in [0.15, 0.2) is 24.3 Å². The molecule has 1 fully saturated rings. The molecular weight excluding hydrogens is 250 g/mol. The maximum Gasteiger partial charge on any atom is 0.161 e. The van der Waals surface area contributed by atoms with E-state index < -0.39 is 0 Å². The molecule has 4 atom stereocenters. The second-order valence-corrected chi connectivity index (χ2v) is 6.11. The zero-order valence-electron chi connectivity index (χ0n) is 12.3. The van der Waals surface area contributed by atoms with Crippen LogP contribution in [0.25, 0.3) is 0 Å². The van der Waals surface area contributed by atoms with Crippen molar-refractivity contribution in [1.29, 1.82) is 0 Å². The van der Waals surface area contributed by atoms with Crippen molar-refractivity contribution in [3.63, 3.8) is 0 Å². The second kappa shape index (κ2) is 6.04. The van der Waals surface area contributed by atoms with Gasteiger partial charge in [0.1, 0.15) is 12.7 Å². The van der Waals surface area contributed by atoms with Crippen LogP contribution in [0.2, 0.25) is 0 Å². The lowest BCUT2D eigenvalue weighted by molar-refractivity contribution is 0.0358. The number of rotatable bonds is 3. The van der Waals surface area contributed by atoms with Crippen molar-refractivity contribution in [2.24, 2.45) is 17.6 Å². The van der Waals surface area contributed by atoms with E-state index in [4.69, 9.17) is 15.2 Å². The second-order valence-electron chi connectivity index (χ2n) is 6.11. The lowest BCUT2D eigenvalue weighted by Gasteiger charge is -2.39. The maximum atomic E-state index is 6.54. The van der Waals surface area contributed by atoms with Gasteiger partial charge in [-0.2, -0.15) is 0 Å². The summed E-state index contributed by atoms with van der Waals surface area (Å²) in [6.07, 6.45) is 6.43. The normalized spacial score (nSPS) is 30.8. The predicted molar refractivity (Wildman–Crippen MR) is 80.1 cm³/mol. The van der Waals surface area contributed by atoms with Crippen LogP contribution in [0.3, 0.4) is 0 Å². The molecule has 3 rings (SSSR count). The van der Waals surface area contributed by atoms with Crippen molar-refractivity contribution in [1.82, 2.24) is 0 Å². The summed E-state index contributed by atoms with van der Waals surface area (Å²) in [7, 11) is 0. The lowest BCUT2D eigenvalue weighted by Crippen LogP contribution is -2.51. The first-order valence-electron chi connectivity index (χ1n) is 7.93. The van der Waals surface area contributed by atoms with Crippen LogP contribution in [0, 0.1) is 11.8 Å². The molecule has 110 valence electrons. The number of benzene rings is 1. The van der Waals surface area contributed by atoms with Gasteiger partial charge in [-0.15, -0.1) is 0 Å². The smallest absolute Gasteiger partial charge is 0.161 e. The average molecular weight is 275 g/mol. The standard InChI is InChI=1S/C17H25NO2/c1-2-12-7-3-4-8-13(12)17(18)16-11-19-14-9-5-6-10-15(14)20-16/h5-6,9-10,12-13,16-17H,2-4,7-8,11,18H2,1H3. The van der Waals surface area contributed by atoms with E-state index in [2.05, 4.69) is 6.92 Å². The zero-order chi connectivity index (χ0) is 13.9. The highest BCUT2D eigenvalue weighted by Gasteiger charge is 2.36. The SMILES string of the molecule is CCC1CCCCC1C(N)C1COc2ccccc2O1. The molecule has 2 N–H and O–H groups in total. The highest BCUT2D eigenvalue weighted by molar-refractivity contribution is 5.40. The molecule has 3 nitrogen and oxygen atoms in total. The summed E-state index contributed by atoms with van der Waals surface area (Å²) in [5, 5.41) is 0. The van der Waals surface area contributed by atoms with E-state index in [9.17, 15) is 0 Å². The van der Waals surface area contributed by atoms with Crippen molar-refractivity contribution in [2.75, 3.05) is 6.61 Å². The van der Waals surface area contributed by atoms with E-state index in [0.717, 1.165) is 17.4 Å². The number of nitrogens with two attached hydrogens (primary N) is 1. The largest absolute Gasteiger partial charge is 0.486 e. The Labute approximate surface area is 121 Å². The van der Waals surface area contributed by atoms with E-state index in [1.54, 1.807) is 0 Å². The highest BCUT2D eigenvalue weighted by atomic mass is 16.6. The number of ether oxygens (including phenoxy) is 2. The van der Waals surface area contributed by atoms with Crippen LogP contribution in [-0.2, 0) is 0 Å². The minimum atomic E-state index is -0.0120. The molecule has 1 aromatic rings. The minimum absolute atomic E-state index is 0.0120. The van der Waals surface area contributed by atoms with Gasteiger partial charge in [-0.05, 0) is 30.4 Å². The monoisotopic (exact) mass is 275 g/mol. The van der Waals surface area contributed by atoms with Crippen molar-refractivity contribution in [2.45, 2.75) is 51.2 Å². The molecule has 0 aromatic heterocycles. The molecule has 2 aliphatic rings. The van der Waals surface area contributed by atoms with Gasteiger partial charge in [0, 0.05) is 6.04 Å². The Morgan fingerprint density at radius 1 is 1.20 bits per heavy atom. The number of fused-ring (bicyclic) bond motifs is 1. The molecule has 4 unspecified atom stereocenters. The molecule has 1 aromatic carbocycles. The third kappa shape index (κ3) is 2.64. The average Bonchev–Trinajstić information content (AvgIpc) is 2.53. The molecule has 1 heterocycles.